The summed E-state index contributed by atoms with van der Waals surface area (Å²) in [6.07, 6.45) is 2.05. The lowest BCUT2D eigenvalue weighted by atomic mass is 9.53. The fourth-order valence-electron chi connectivity index (χ4n) is 6.68. The summed E-state index contributed by atoms with van der Waals surface area (Å²) in [7, 11) is 0. The van der Waals surface area contributed by atoms with Crippen molar-refractivity contribution in [1.29, 1.82) is 0 Å². The number of carbonyl (C=O) groups is 2. The molecule has 0 aromatic carbocycles. The Morgan fingerprint density at radius 3 is 2.86 bits per heavy atom. The Bertz CT molecular complexity index is 1100. The molecule has 2 amide bonds. The lowest BCUT2D eigenvalue weighted by Crippen LogP contribution is -2.53. The van der Waals surface area contributed by atoms with Crippen LogP contribution in [0.1, 0.15) is 59.8 Å². The van der Waals surface area contributed by atoms with Gasteiger partial charge in [0.2, 0.25) is 5.91 Å². The number of aromatic nitrogens is 1. The van der Waals surface area contributed by atoms with Gasteiger partial charge in [-0.2, -0.15) is 0 Å². The minimum absolute atomic E-state index is 0.0188. The van der Waals surface area contributed by atoms with Crippen molar-refractivity contribution in [2.45, 2.75) is 52.1 Å². The van der Waals surface area contributed by atoms with Crippen LogP contribution in [0.4, 0.5) is 5.13 Å². The van der Waals surface area contributed by atoms with Crippen LogP contribution in [-0.2, 0) is 16.0 Å². The van der Waals surface area contributed by atoms with Crippen LogP contribution < -0.4 is 10.6 Å². The maximum atomic E-state index is 13.0. The summed E-state index contributed by atoms with van der Waals surface area (Å²) in [5, 5.41) is 20.2. The normalized spacial score (nSPS) is 30.7. The average molecular weight is 547 g/mol. The number of anilines is 1. The molecular formula is C27H38N4O4S2. The van der Waals surface area contributed by atoms with Gasteiger partial charge in [-0.15, -0.1) is 22.7 Å². The van der Waals surface area contributed by atoms with Gasteiger partial charge in [0.25, 0.3) is 5.91 Å². The van der Waals surface area contributed by atoms with Crippen LogP contribution in [-0.4, -0.2) is 72.3 Å². The molecule has 1 saturated heterocycles. The van der Waals surface area contributed by atoms with Gasteiger partial charge in [-0.1, -0.05) is 26.8 Å². The zero-order valence-corrected chi connectivity index (χ0v) is 23.5. The SMILES string of the molecule is C[C@H](C(=O)NCCN1CCOCC1)[C@H]1CC[C@@]2(C)Cc3sc(NC(=O)c4cccs4)nc3[C@@H](C)[C@@H]2[C@H]1O. The second-order valence-corrected chi connectivity index (χ2v) is 13.2. The Morgan fingerprint density at radius 1 is 1.35 bits per heavy atom. The number of rotatable bonds is 7. The number of thiophene rings is 1. The molecule has 6 atom stereocenters. The monoisotopic (exact) mass is 546 g/mol. The first kappa shape index (κ1) is 26.7. The summed E-state index contributed by atoms with van der Waals surface area (Å²) in [5.41, 5.74) is 0.924. The Labute approximate surface area is 226 Å². The molecule has 2 aliphatic carbocycles. The zero-order chi connectivity index (χ0) is 26.2. The molecular weight excluding hydrogens is 508 g/mol. The quantitative estimate of drug-likeness (QED) is 0.490. The average Bonchev–Trinajstić information content (AvgIpc) is 3.54. The Hall–Kier alpha value is -1.85. The topological polar surface area (TPSA) is 104 Å². The summed E-state index contributed by atoms with van der Waals surface area (Å²) >= 11 is 2.97. The molecule has 2 aromatic rings. The van der Waals surface area contributed by atoms with E-state index in [4.69, 9.17) is 9.72 Å². The van der Waals surface area contributed by atoms with Crippen molar-refractivity contribution in [3.05, 3.63) is 33.0 Å². The van der Waals surface area contributed by atoms with E-state index >= 15 is 0 Å². The third-order valence-corrected chi connectivity index (χ3v) is 10.6. The number of aliphatic hydroxyl groups is 1. The summed E-state index contributed by atoms with van der Waals surface area (Å²) in [6, 6.07) is 3.67. The van der Waals surface area contributed by atoms with E-state index in [0.717, 1.165) is 57.8 Å². The second-order valence-electron chi connectivity index (χ2n) is 11.1. The first-order valence-corrected chi connectivity index (χ1v) is 15.1. The maximum absolute atomic E-state index is 13.0. The number of aliphatic hydroxyl groups excluding tert-OH is 1. The Morgan fingerprint density at radius 2 is 2.14 bits per heavy atom. The van der Waals surface area contributed by atoms with Crippen LogP contribution in [0.15, 0.2) is 17.5 Å². The number of amides is 2. The highest BCUT2D eigenvalue weighted by atomic mass is 32.1. The molecule has 37 heavy (non-hydrogen) atoms. The lowest BCUT2D eigenvalue weighted by molar-refractivity contribution is -0.134. The van der Waals surface area contributed by atoms with Crippen LogP contribution in [0.25, 0.3) is 0 Å². The molecule has 0 spiro atoms. The number of carbonyl (C=O) groups excluding carboxylic acids is 2. The maximum Gasteiger partial charge on any atom is 0.267 e. The Kier molecular flexibility index (Phi) is 8.02. The van der Waals surface area contributed by atoms with E-state index in [1.165, 1.54) is 16.2 Å². The van der Waals surface area contributed by atoms with Crippen molar-refractivity contribution in [2.75, 3.05) is 44.7 Å². The van der Waals surface area contributed by atoms with Crippen LogP contribution in [0.5, 0.6) is 0 Å². The number of fused-ring (bicyclic) bond motifs is 2. The minimum Gasteiger partial charge on any atom is -0.392 e. The molecule has 0 bridgehead atoms. The number of thiazole rings is 1. The molecule has 3 aliphatic rings. The van der Waals surface area contributed by atoms with Gasteiger partial charge in [0, 0.05) is 42.9 Å². The van der Waals surface area contributed by atoms with Gasteiger partial charge in [0.05, 0.1) is 29.9 Å². The molecule has 5 rings (SSSR count). The number of nitrogens with one attached hydrogen (secondary N) is 2. The summed E-state index contributed by atoms with van der Waals surface area (Å²) in [6.45, 7) is 11.1. The van der Waals surface area contributed by atoms with Crippen molar-refractivity contribution in [1.82, 2.24) is 15.2 Å². The lowest BCUT2D eigenvalue weighted by Gasteiger charge is -2.53. The van der Waals surface area contributed by atoms with Gasteiger partial charge >= 0.3 is 0 Å². The number of ether oxygens (including phenoxy) is 1. The van der Waals surface area contributed by atoms with E-state index in [9.17, 15) is 14.7 Å². The zero-order valence-electron chi connectivity index (χ0n) is 21.9. The molecule has 1 saturated carbocycles. The number of morpholine rings is 1. The van der Waals surface area contributed by atoms with Gasteiger partial charge in [-0.05, 0) is 48.0 Å². The fraction of sp³-hybridized carbons (Fsp3) is 0.667. The molecule has 0 unspecified atom stereocenters. The molecule has 10 heteroatoms. The molecule has 8 nitrogen and oxygen atoms in total. The molecule has 1 aliphatic heterocycles. The molecule has 3 N–H and O–H groups in total. The molecule has 3 heterocycles. The van der Waals surface area contributed by atoms with Crippen LogP contribution in [0.2, 0.25) is 0 Å². The van der Waals surface area contributed by atoms with Gasteiger partial charge in [-0.3, -0.25) is 19.8 Å². The van der Waals surface area contributed by atoms with E-state index in [0.29, 0.717) is 16.6 Å². The van der Waals surface area contributed by atoms with Crippen molar-refractivity contribution < 1.29 is 19.4 Å². The van der Waals surface area contributed by atoms with E-state index in [2.05, 4.69) is 29.4 Å². The van der Waals surface area contributed by atoms with E-state index < -0.39 is 6.10 Å². The second kappa shape index (κ2) is 11.1. The van der Waals surface area contributed by atoms with Gasteiger partial charge in [0.15, 0.2) is 5.13 Å². The molecule has 0 radical (unpaired) electrons. The molecule has 2 aromatic heterocycles. The van der Waals surface area contributed by atoms with Crippen LogP contribution >= 0.6 is 22.7 Å². The van der Waals surface area contributed by atoms with Crippen molar-refractivity contribution in [3.8, 4) is 0 Å². The third-order valence-electron chi connectivity index (χ3n) is 8.77. The van der Waals surface area contributed by atoms with E-state index in [-0.39, 0.29) is 40.9 Å². The number of hydrogen-bond acceptors (Lipinski definition) is 8. The van der Waals surface area contributed by atoms with Crippen LogP contribution in [0.3, 0.4) is 0 Å². The largest absolute Gasteiger partial charge is 0.392 e. The first-order chi connectivity index (χ1) is 17.8. The first-order valence-electron chi connectivity index (χ1n) is 13.4. The number of hydrogen-bond donors (Lipinski definition) is 3. The van der Waals surface area contributed by atoms with E-state index in [1.54, 1.807) is 11.3 Å². The van der Waals surface area contributed by atoms with Crippen molar-refractivity contribution in [2.24, 2.45) is 23.2 Å². The summed E-state index contributed by atoms with van der Waals surface area (Å²) in [4.78, 5) is 34.6. The van der Waals surface area contributed by atoms with E-state index in [1.807, 2.05) is 24.4 Å². The summed E-state index contributed by atoms with van der Waals surface area (Å²) in [5.74, 6) is -0.378. The Balaban J connectivity index is 1.24. The highest BCUT2D eigenvalue weighted by Crippen LogP contribution is 2.57. The number of nitrogens with zero attached hydrogens (tertiary/aromatic N) is 2. The van der Waals surface area contributed by atoms with Crippen LogP contribution in [0, 0.1) is 23.2 Å². The van der Waals surface area contributed by atoms with Gasteiger partial charge < -0.3 is 15.2 Å². The van der Waals surface area contributed by atoms with Gasteiger partial charge in [0.1, 0.15) is 0 Å². The highest BCUT2D eigenvalue weighted by molar-refractivity contribution is 7.16. The molecule has 202 valence electrons. The third kappa shape index (κ3) is 5.49. The standard InChI is InChI=1S/C27H38N4O4S2/c1-16(24(33)28-8-9-31-10-12-35-13-11-31)18-6-7-27(3)15-20-22(17(2)21(27)23(18)32)29-26(37-20)30-25(34)19-5-4-14-36-19/h4-5,14,16-18,21,23,32H,6-13,15H2,1-3H3,(H,28,33)(H,29,30,34)/t16-,17-,18+,21+,23-,27-/m0/s1. The summed E-state index contributed by atoms with van der Waals surface area (Å²) < 4.78 is 5.39. The fourth-order valence-corrected chi connectivity index (χ4v) is 8.56. The van der Waals surface area contributed by atoms with Gasteiger partial charge in [-0.25, -0.2) is 4.98 Å². The minimum atomic E-state index is -0.576. The van der Waals surface area contributed by atoms with Crippen molar-refractivity contribution >= 4 is 39.6 Å². The predicted molar refractivity (Wildman–Crippen MR) is 146 cm³/mol. The van der Waals surface area contributed by atoms with Crippen molar-refractivity contribution in [3.63, 3.8) is 0 Å². The predicted octanol–water partition coefficient (Wildman–Crippen LogP) is 3.59. The molecule has 2 fully saturated rings. The highest BCUT2D eigenvalue weighted by Gasteiger charge is 2.53. The smallest absolute Gasteiger partial charge is 0.267 e.